The summed E-state index contributed by atoms with van der Waals surface area (Å²) >= 11 is 13.6. The van der Waals surface area contributed by atoms with E-state index in [-0.39, 0.29) is 17.4 Å². The number of hydrogen-bond acceptors (Lipinski definition) is 2. The van der Waals surface area contributed by atoms with Crippen LogP contribution in [0.2, 0.25) is 10.0 Å². The lowest BCUT2D eigenvalue weighted by Crippen LogP contribution is -2.28. The van der Waals surface area contributed by atoms with Gasteiger partial charge in [0.25, 0.3) is 0 Å². The van der Waals surface area contributed by atoms with Gasteiger partial charge in [0.05, 0.1) is 11.8 Å². The molecule has 0 radical (unpaired) electrons. The summed E-state index contributed by atoms with van der Waals surface area (Å²) in [6, 6.07) is 13.9. The Kier molecular flexibility index (Phi) is 7.45. The van der Waals surface area contributed by atoms with Crippen LogP contribution in [-0.4, -0.2) is 11.7 Å². The van der Waals surface area contributed by atoms with Crippen LogP contribution >= 0.6 is 35.0 Å². The first-order chi connectivity index (χ1) is 12.2. The van der Waals surface area contributed by atoms with Crippen molar-refractivity contribution in [3.63, 3.8) is 0 Å². The molecular weight excluding hydrogens is 385 g/mol. The maximum absolute atomic E-state index is 12.2. The van der Waals surface area contributed by atoms with Crippen molar-refractivity contribution in [1.29, 1.82) is 0 Å². The summed E-state index contributed by atoms with van der Waals surface area (Å²) in [5, 5.41) is 4.31. The van der Waals surface area contributed by atoms with Crippen molar-refractivity contribution < 1.29 is 4.79 Å². The molecule has 2 aromatic carbocycles. The molecule has 0 fully saturated rings. The second-order valence-corrected chi connectivity index (χ2v) is 9.22. The van der Waals surface area contributed by atoms with Crippen LogP contribution in [0, 0.1) is 0 Å². The van der Waals surface area contributed by atoms with E-state index in [1.54, 1.807) is 6.07 Å². The van der Waals surface area contributed by atoms with Crippen molar-refractivity contribution in [3.8, 4) is 0 Å². The molecule has 0 unspecified atom stereocenters. The van der Waals surface area contributed by atoms with Gasteiger partial charge in [0, 0.05) is 15.8 Å². The number of halogens is 2. The van der Waals surface area contributed by atoms with E-state index in [1.807, 2.05) is 19.1 Å². The van der Waals surface area contributed by atoms with Crippen LogP contribution in [0.25, 0.3) is 0 Å². The Balaban J connectivity index is 1.83. The lowest BCUT2D eigenvalue weighted by Gasteiger charge is -2.20. The Bertz CT molecular complexity index is 754. The first-order valence-electron chi connectivity index (χ1n) is 8.58. The monoisotopic (exact) mass is 409 g/mol. The predicted octanol–water partition coefficient (Wildman–Crippen LogP) is 6.40. The number of thioether (sulfide) groups is 1. The van der Waals surface area contributed by atoms with Crippen LogP contribution in [0.1, 0.15) is 50.4 Å². The molecule has 0 bridgehead atoms. The van der Waals surface area contributed by atoms with Gasteiger partial charge >= 0.3 is 0 Å². The van der Waals surface area contributed by atoms with E-state index in [9.17, 15) is 4.79 Å². The molecule has 140 valence electrons. The number of benzene rings is 2. The van der Waals surface area contributed by atoms with Crippen LogP contribution in [0.3, 0.4) is 0 Å². The molecular formula is C21H25Cl2NOS. The average molecular weight is 410 g/mol. The van der Waals surface area contributed by atoms with Gasteiger partial charge in [-0.3, -0.25) is 4.79 Å². The zero-order valence-corrected chi connectivity index (χ0v) is 17.9. The lowest BCUT2D eigenvalue weighted by molar-refractivity contribution is -0.119. The molecule has 0 aliphatic heterocycles. The lowest BCUT2D eigenvalue weighted by atomic mass is 9.86. The fraction of sp³-hybridized carbons (Fsp3) is 0.381. The molecule has 26 heavy (non-hydrogen) atoms. The first kappa shape index (κ1) is 21.1. The molecule has 1 atom stereocenters. The summed E-state index contributed by atoms with van der Waals surface area (Å²) in [5.74, 6) is 1.09. The number of rotatable bonds is 6. The number of hydrogen-bond donors (Lipinski definition) is 1. The van der Waals surface area contributed by atoms with Crippen molar-refractivity contribution >= 4 is 40.9 Å². The molecule has 2 aromatic rings. The maximum Gasteiger partial charge on any atom is 0.230 e. The normalized spacial score (nSPS) is 12.7. The Hall–Kier alpha value is -1.16. The molecule has 1 amide bonds. The van der Waals surface area contributed by atoms with Gasteiger partial charge in [0.1, 0.15) is 0 Å². The summed E-state index contributed by atoms with van der Waals surface area (Å²) in [6.07, 6.45) is 0. The second kappa shape index (κ2) is 9.16. The van der Waals surface area contributed by atoms with Gasteiger partial charge in [-0.1, -0.05) is 74.3 Å². The standard InChI is InChI=1S/C21H25Cl2NOS/c1-14(15-5-8-17(9-6-15)21(2,3)4)24-20(25)13-26-12-16-7-10-18(22)11-19(16)23/h5-11,14H,12-13H2,1-4H3,(H,24,25)/t14-/m1/s1. The SMILES string of the molecule is C[C@@H](NC(=O)CSCc1ccc(Cl)cc1Cl)c1ccc(C(C)(C)C)cc1. The summed E-state index contributed by atoms with van der Waals surface area (Å²) in [4.78, 5) is 12.2. The quantitative estimate of drug-likeness (QED) is 0.597. The highest BCUT2D eigenvalue weighted by Gasteiger charge is 2.15. The minimum Gasteiger partial charge on any atom is -0.349 e. The number of carbonyl (C=O) groups excluding carboxylic acids is 1. The van der Waals surface area contributed by atoms with Crippen molar-refractivity contribution in [2.45, 2.75) is 44.9 Å². The average Bonchev–Trinajstić information content (AvgIpc) is 2.56. The topological polar surface area (TPSA) is 29.1 Å². The molecule has 0 spiro atoms. The van der Waals surface area contributed by atoms with Crippen LogP contribution in [-0.2, 0) is 16.0 Å². The van der Waals surface area contributed by atoms with Gasteiger partial charge in [-0.25, -0.2) is 0 Å². The highest BCUT2D eigenvalue weighted by Crippen LogP contribution is 2.25. The molecule has 0 heterocycles. The zero-order valence-electron chi connectivity index (χ0n) is 15.6. The third-order valence-corrected chi connectivity index (χ3v) is 5.73. The van der Waals surface area contributed by atoms with Gasteiger partial charge in [0.2, 0.25) is 5.91 Å². The van der Waals surface area contributed by atoms with Crippen molar-refractivity contribution in [1.82, 2.24) is 5.32 Å². The van der Waals surface area contributed by atoms with Gasteiger partial charge < -0.3 is 5.32 Å². The zero-order chi connectivity index (χ0) is 19.3. The molecule has 5 heteroatoms. The largest absolute Gasteiger partial charge is 0.349 e. The molecule has 0 saturated heterocycles. The number of carbonyl (C=O) groups is 1. The minimum absolute atomic E-state index is 0.0174. The van der Waals surface area contributed by atoms with E-state index in [1.165, 1.54) is 17.3 Å². The van der Waals surface area contributed by atoms with Crippen LogP contribution in [0.4, 0.5) is 0 Å². The Morgan fingerprint density at radius 3 is 2.35 bits per heavy atom. The summed E-state index contributed by atoms with van der Waals surface area (Å²) in [7, 11) is 0. The first-order valence-corrected chi connectivity index (χ1v) is 10.5. The highest BCUT2D eigenvalue weighted by atomic mass is 35.5. The molecule has 0 aliphatic rings. The van der Waals surface area contributed by atoms with Gasteiger partial charge in [-0.2, -0.15) is 0 Å². The molecule has 2 nitrogen and oxygen atoms in total. The highest BCUT2D eigenvalue weighted by molar-refractivity contribution is 7.99. The second-order valence-electron chi connectivity index (χ2n) is 7.39. The molecule has 2 rings (SSSR count). The van der Waals surface area contributed by atoms with Crippen molar-refractivity contribution in [2.75, 3.05) is 5.75 Å². The van der Waals surface area contributed by atoms with Crippen molar-refractivity contribution in [2.24, 2.45) is 0 Å². The third kappa shape index (κ3) is 6.22. The maximum atomic E-state index is 12.2. The summed E-state index contributed by atoms with van der Waals surface area (Å²) in [6.45, 7) is 8.58. The van der Waals surface area contributed by atoms with E-state index >= 15 is 0 Å². The van der Waals surface area contributed by atoms with E-state index in [0.29, 0.717) is 21.6 Å². The van der Waals surface area contributed by atoms with E-state index in [2.05, 4.69) is 50.4 Å². The fourth-order valence-corrected chi connectivity index (χ4v) is 3.93. The fourth-order valence-electron chi connectivity index (χ4n) is 2.53. The van der Waals surface area contributed by atoms with Crippen molar-refractivity contribution in [3.05, 3.63) is 69.2 Å². The number of nitrogens with one attached hydrogen (secondary N) is 1. The minimum atomic E-state index is -0.0174. The summed E-state index contributed by atoms with van der Waals surface area (Å²) < 4.78 is 0. The Labute approximate surface area is 170 Å². The van der Waals surface area contributed by atoms with Gasteiger partial charge in [0.15, 0.2) is 0 Å². The van der Waals surface area contributed by atoms with Crippen LogP contribution < -0.4 is 5.32 Å². The summed E-state index contributed by atoms with van der Waals surface area (Å²) in [5.41, 5.74) is 3.51. The van der Waals surface area contributed by atoms with Gasteiger partial charge in [-0.15, -0.1) is 11.8 Å². The molecule has 1 N–H and O–H groups in total. The third-order valence-electron chi connectivity index (χ3n) is 4.16. The predicted molar refractivity (Wildman–Crippen MR) is 114 cm³/mol. The van der Waals surface area contributed by atoms with E-state index < -0.39 is 0 Å². The molecule has 0 aromatic heterocycles. The smallest absolute Gasteiger partial charge is 0.230 e. The number of amides is 1. The molecule has 0 aliphatic carbocycles. The van der Waals surface area contributed by atoms with Gasteiger partial charge in [-0.05, 0) is 41.2 Å². The van der Waals surface area contributed by atoms with E-state index in [0.717, 1.165) is 11.1 Å². The Morgan fingerprint density at radius 2 is 1.77 bits per heavy atom. The Morgan fingerprint density at radius 1 is 1.12 bits per heavy atom. The van der Waals surface area contributed by atoms with Crippen LogP contribution in [0.15, 0.2) is 42.5 Å². The molecule has 0 saturated carbocycles. The van der Waals surface area contributed by atoms with Crippen LogP contribution in [0.5, 0.6) is 0 Å². The van der Waals surface area contributed by atoms with E-state index in [4.69, 9.17) is 23.2 Å².